The zero-order valence-corrected chi connectivity index (χ0v) is 17.0. The fourth-order valence-electron chi connectivity index (χ4n) is 2.90. The van der Waals surface area contributed by atoms with E-state index in [-0.39, 0.29) is 17.9 Å². The summed E-state index contributed by atoms with van der Waals surface area (Å²) in [5.74, 6) is -0.311. The molecule has 0 saturated heterocycles. The van der Waals surface area contributed by atoms with Crippen molar-refractivity contribution in [2.75, 3.05) is 13.7 Å². The third kappa shape index (κ3) is 4.97. The predicted octanol–water partition coefficient (Wildman–Crippen LogP) is 3.71. The molecule has 0 radical (unpaired) electrons. The molecule has 0 aliphatic carbocycles. The van der Waals surface area contributed by atoms with Crippen molar-refractivity contribution in [1.82, 2.24) is 10.3 Å². The van der Waals surface area contributed by atoms with Gasteiger partial charge in [0.2, 0.25) is 0 Å². The first-order valence-corrected chi connectivity index (χ1v) is 9.95. The monoisotopic (exact) mass is 450 g/mol. The molecule has 3 N–H and O–H groups in total. The molecular weight excluding hydrogens is 432 g/mol. The highest BCUT2D eigenvalue weighted by Gasteiger charge is 2.17. The Kier molecular flexibility index (Phi) is 6.30. The van der Waals surface area contributed by atoms with E-state index in [4.69, 9.17) is 4.74 Å². The number of methoxy groups -OCH3 is 1. The number of nitrogens with one attached hydrogen (secondary N) is 2. The van der Waals surface area contributed by atoms with Crippen LogP contribution in [0.3, 0.4) is 0 Å². The summed E-state index contributed by atoms with van der Waals surface area (Å²) in [5, 5.41) is 13.3. The first kappa shape index (κ1) is 19.6. The first-order chi connectivity index (χ1) is 13.0. The van der Waals surface area contributed by atoms with Crippen LogP contribution in [-0.4, -0.2) is 29.7 Å². The quantitative estimate of drug-likeness (QED) is 0.486. The minimum absolute atomic E-state index is 0.0355. The zero-order chi connectivity index (χ0) is 19.4. The normalized spacial score (nSPS) is 12.2. The second-order valence-electron chi connectivity index (χ2n) is 6.14. The number of carbonyl (C=O) groups is 1. The summed E-state index contributed by atoms with van der Waals surface area (Å²) < 4.78 is 6.14. The lowest BCUT2D eigenvalue weighted by Crippen LogP contribution is -2.26. The van der Waals surface area contributed by atoms with E-state index in [9.17, 15) is 14.7 Å². The number of aromatic amines is 1. The summed E-state index contributed by atoms with van der Waals surface area (Å²) in [5.41, 5.74) is 1.15. The number of fused-ring (bicyclic) bond motifs is 1. The fraction of sp³-hybridized carbons (Fsp3) is 0.263. The van der Waals surface area contributed by atoms with Crippen molar-refractivity contribution >= 4 is 44.1 Å². The summed E-state index contributed by atoms with van der Waals surface area (Å²) in [6, 6.07) is 11.2. The number of halogens is 1. The van der Waals surface area contributed by atoms with Crippen LogP contribution in [0.4, 0.5) is 0 Å². The van der Waals surface area contributed by atoms with Crippen LogP contribution < -0.4 is 15.6 Å². The van der Waals surface area contributed by atoms with E-state index in [0.717, 1.165) is 19.6 Å². The molecule has 3 aromatic rings. The molecule has 0 bridgehead atoms. The molecule has 1 unspecified atom stereocenters. The molecule has 0 fully saturated rings. The Bertz CT molecular complexity index is 1010. The Labute approximate surface area is 168 Å². The van der Waals surface area contributed by atoms with Gasteiger partial charge in [-0.2, -0.15) is 0 Å². The topological polar surface area (TPSA) is 91.4 Å². The van der Waals surface area contributed by atoms with Gasteiger partial charge in [-0.15, -0.1) is 11.3 Å². The highest BCUT2D eigenvalue weighted by atomic mass is 79.9. The molecule has 0 saturated carbocycles. The Morgan fingerprint density at radius 2 is 2.15 bits per heavy atom. The van der Waals surface area contributed by atoms with E-state index in [2.05, 4.69) is 26.2 Å². The van der Waals surface area contributed by atoms with Gasteiger partial charge >= 0.3 is 5.97 Å². The summed E-state index contributed by atoms with van der Waals surface area (Å²) in [4.78, 5) is 27.4. The van der Waals surface area contributed by atoms with Gasteiger partial charge in [-0.05, 0) is 51.6 Å². The number of H-pyrrole nitrogens is 1. The number of hydrogen-bond donors (Lipinski definition) is 3. The molecule has 0 spiro atoms. The molecule has 1 aromatic carbocycles. The van der Waals surface area contributed by atoms with Crippen LogP contribution in [0, 0.1) is 0 Å². The number of ether oxygens (including phenoxy) is 1. The standard InChI is InChI=1S/C19H19BrN2O4S/c1-26-14-3-2-11-6-13(19(25)22-15(11)8-14)10-21-9-12(7-18(23)24)16-4-5-17(20)27-16/h2-6,8,12,21H,7,9-10H2,1H3,(H,22,25)(H,23,24). The SMILES string of the molecule is COc1ccc2cc(CNCC(CC(=O)O)c3ccc(Br)s3)c(=O)[nH]c2c1. The molecule has 142 valence electrons. The maximum Gasteiger partial charge on any atom is 0.304 e. The van der Waals surface area contributed by atoms with Crippen molar-refractivity contribution in [3.63, 3.8) is 0 Å². The highest BCUT2D eigenvalue weighted by Crippen LogP contribution is 2.30. The molecule has 8 heteroatoms. The Balaban J connectivity index is 1.72. The minimum Gasteiger partial charge on any atom is -0.497 e. The van der Waals surface area contributed by atoms with Crippen molar-refractivity contribution in [1.29, 1.82) is 0 Å². The van der Waals surface area contributed by atoms with E-state index < -0.39 is 5.97 Å². The molecule has 0 aliphatic heterocycles. The van der Waals surface area contributed by atoms with Gasteiger partial charge in [0, 0.05) is 35.5 Å². The van der Waals surface area contributed by atoms with Gasteiger partial charge in [-0.25, -0.2) is 0 Å². The van der Waals surface area contributed by atoms with Gasteiger partial charge in [0.05, 0.1) is 22.8 Å². The Morgan fingerprint density at radius 3 is 2.81 bits per heavy atom. The van der Waals surface area contributed by atoms with Crippen LogP contribution in [0.1, 0.15) is 22.8 Å². The number of benzene rings is 1. The van der Waals surface area contributed by atoms with Gasteiger partial charge in [-0.1, -0.05) is 0 Å². The van der Waals surface area contributed by atoms with Crippen LogP contribution in [0.2, 0.25) is 0 Å². The average Bonchev–Trinajstić information content (AvgIpc) is 3.06. The Hall–Kier alpha value is -2.16. The van der Waals surface area contributed by atoms with Crippen LogP contribution in [0.5, 0.6) is 5.75 Å². The maximum absolute atomic E-state index is 12.3. The van der Waals surface area contributed by atoms with E-state index in [1.807, 2.05) is 30.3 Å². The number of pyridine rings is 1. The minimum atomic E-state index is -0.844. The molecule has 0 amide bonds. The number of hydrogen-bond acceptors (Lipinski definition) is 5. The lowest BCUT2D eigenvalue weighted by atomic mass is 10.0. The predicted molar refractivity (Wildman–Crippen MR) is 110 cm³/mol. The summed E-state index contributed by atoms with van der Waals surface area (Å²) in [6.45, 7) is 0.833. The number of thiophene rings is 1. The molecule has 6 nitrogen and oxygen atoms in total. The molecule has 1 atom stereocenters. The number of carboxylic acid groups (broad SMARTS) is 1. The number of carboxylic acids is 1. The summed E-state index contributed by atoms with van der Waals surface area (Å²) in [6.07, 6.45) is 0.0355. The van der Waals surface area contributed by atoms with E-state index >= 15 is 0 Å². The number of aromatic nitrogens is 1. The van der Waals surface area contributed by atoms with Crippen LogP contribution in [0.25, 0.3) is 10.9 Å². The molecule has 0 aliphatic rings. The third-order valence-electron chi connectivity index (χ3n) is 4.25. The van der Waals surface area contributed by atoms with Crippen molar-refractivity contribution < 1.29 is 14.6 Å². The largest absolute Gasteiger partial charge is 0.497 e. The molecule has 2 aromatic heterocycles. The van der Waals surface area contributed by atoms with Crippen LogP contribution >= 0.6 is 27.3 Å². The maximum atomic E-state index is 12.3. The Morgan fingerprint density at radius 1 is 1.33 bits per heavy atom. The van der Waals surface area contributed by atoms with E-state index in [0.29, 0.717) is 24.4 Å². The van der Waals surface area contributed by atoms with Crippen LogP contribution in [0.15, 0.2) is 45.0 Å². The second kappa shape index (κ2) is 8.69. The fourth-order valence-corrected chi connectivity index (χ4v) is 4.42. The van der Waals surface area contributed by atoms with E-state index in [1.165, 1.54) is 11.3 Å². The average molecular weight is 451 g/mol. The van der Waals surface area contributed by atoms with Crippen molar-refractivity contribution in [3.8, 4) is 5.75 Å². The highest BCUT2D eigenvalue weighted by molar-refractivity contribution is 9.11. The van der Waals surface area contributed by atoms with Gasteiger partial charge in [0.15, 0.2) is 0 Å². The van der Waals surface area contributed by atoms with Crippen LogP contribution in [-0.2, 0) is 11.3 Å². The lowest BCUT2D eigenvalue weighted by molar-refractivity contribution is -0.137. The number of aliphatic carboxylic acids is 1. The summed E-state index contributed by atoms with van der Waals surface area (Å²) >= 11 is 4.94. The van der Waals surface area contributed by atoms with Crippen molar-refractivity contribution in [2.45, 2.75) is 18.9 Å². The first-order valence-electron chi connectivity index (χ1n) is 8.34. The van der Waals surface area contributed by atoms with Crippen molar-refractivity contribution in [3.05, 3.63) is 61.0 Å². The molecule has 3 rings (SSSR count). The zero-order valence-electron chi connectivity index (χ0n) is 14.6. The van der Waals surface area contributed by atoms with Gasteiger partial charge in [0.25, 0.3) is 5.56 Å². The second-order valence-corrected chi connectivity index (χ2v) is 8.64. The smallest absolute Gasteiger partial charge is 0.304 e. The van der Waals surface area contributed by atoms with E-state index in [1.54, 1.807) is 13.2 Å². The van der Waals surface area contributed by atoms with Gasteiger partial charge < -0.3 is 20.1 Å². The third-order valence-corrected chi connectivity index (χ3v) is 6.04. The molecular formula is C19H19BrN2O4S. The molecule has 27 heavy (non-hydrogen) atoms. The van der Waals surface area contributed by atoms with Crippen molar-refractivity contribution in [2.24, 2.45) is 0 Å². The summed E-state index contributed by atoms with van der Waals surface area (Å²) in [7, 11) is 1.58. The molecule has 2 heterocycles. The van der Waals surface area contributed by atoms with Gasteiger partial charge in [-0.3, -0.25) is 9.59 Å². The van der Waals surface area contributed by atoms with Gasteiger partial charge in [0.1, 0.15) is 5.75 Å². The lowest BCUT2D eigenvalue weighted by Gasteiger charge is -2.14. The number of rotatable bonds is 8.